The molecule has 36 heavy (non-hydrogen) atoms. The highest BCUT2D eigenvalue weighted by atomic mass is 32.2. The van der Waals surface area contributed by atoms with Crippen molar-refractivity contribution in [3.05, 3.63) is 90.6 Å². The van der Waals surface area contributed by atoms with Crippen LogP contribution in [0, 0.1) is 5.92 Å². The molecule has 186 valence electrons. The number of ether oxygens (including phenoxy) is 1. The second-order valence-electron chi connectivity index (χ2n) is 9.19. The first-order valence-electron chi connectivity index (χ1n) is 12.2. The van der Waals surface area contributed by atoms with Gasteiger partial charge in [0.15, 0.2) is 0 Å². The minimum Gasteiger partial charge on any atom is -0.457 e. The van der Waals surface area contributed by atoms with E-state index in [1.54, 1.807) is 12.1 Å². The van der Waals surface area contributed by atoms with Crippen LogP contribution >= 0.6 is 0 Å². The number of aromatic nitrogens is 1. The molecule has 5 rings (SSSR count). The number of fused-ring (bicyclic) bond motifs is 1. The molecule has 1 heterocycles. The Morgan fingerprint density at radius 3 is 2.47 bits per heavy atom. The standard InChI is InChI=1S/C28H29N3O4S/c32-28(30-16-14-20-6-7-20)27(18-21-4-2-1-3-5-21)31-36(33,34)25-11-8-23(9-12-25)35-24-10-13-26-22(19-24)15-17-29-26/h1-5,8-13,15,17,19-20,27,29,31H,6-7,14,16,18H2,(H,30,32)/t27-/m0/s1. The number of amides is 1. The Balaban J connectivity index is 1.27. The first-order valence-corrected chi connectivity index (χ1v) is 13.6. The minimum atomic E-state index is -3.94. The van der Waals surface area contributed by atoms with Gasteiger partial charge in [-0.15, -0.1) is 0 Å². The summed E-state index contributed by atoms with van der Waals surface area (Å²) in [5, 5.41) is 3.93. The molecule has 0 unspecified atom stereocenters. The van der Waals surface area contributed by atoms with Crippen LogP contribution in [0.5, 0.6) is 11.5 Å². The molecule has 1 atom stereocenters. The molecule has 0 radical (unpaired) electrons. The largest absolute Gasteiger partial charge is 0.457 e. The van der Waals surface area contributed by atoms with Crippen LogP contribution in [-0.2, 0) is 21.2 Å². The van der Waals surface area contributed by atoms with E-state index in [2.05, 4.69) is 15.0 Å². The van der Waals surface area contributed by atoms with Gasteiger partial charge in [-0.05, 0) is 72.9 Å². The molecule has 1 aromatic heterocycles. The molecular weight excluding hydrogens is 474 g/mol. The molecule has 0 saturated heterocycles. The number of sulfonamides is 1. The van der Waals surface area contributed by atoms with Crippen molar-refractivity contribution in [3.8, 4) is 11.5 Å². The van der Waals surface area contributed by atoms with Crippen molar-refractivity contribution in [2.24, 2.45) is 5.92 Å². The molecule has 3 N–H and O–H groups in total. The number of hydrogen-bond acceptors (Lipinski definition) is 4. The zero-order chi connectivity index (χ0) is 25.0. The van der Waals surface area contributed by atoms with Gasteiger partial charge in [0.1, 0.15) is 17.5 Å². The van der Waals surface area contributed by atoms with Crippen LogP contribution < -0.4 is 14.8 Å². The SMILES string of the molecule is O=C(NCCC1CC1)[C@H](Cc1ccccc1)NS(=O)(=O)c1ccc(Oc2ccc3[nH]ccc3c2)cc1. The predicted octanol–water partition coefficient (Wildman–Crippen LogP) is 4.77. The van der Waals surface area contributed by atoms with Gasteiger partial charge in [0.2, 0.25) is 15.9 Å². The molecule has 0 spiro atoms. The van der Waals surface area contributed by atoms with Crippen molar-refractivity contribution >= 4 is 26.8 Å². The number of H-pyrrole nitrogens is 1. The summed E-state index contributed by atoms with van der Waals surface area (Å²) in [6.07, 6.45) is 5.46. The summed E-state index contributed by atoms with van der Waals surface area (Å²) in [4.78, 5) is 16.1. The van der Waals surface area contributed by atoms with Gasteiger partial charge in [-0.3, -0.25) is 4.79 Å². The Morgan fingerprint density at radius 2 is 1.72 bits per heavy atom. The fraction of sp³-hybridized carbons (Fsp3) is 0.250. The average molecular weight is 504 g/mol. The van der Waals surface area contributed by atoms with Crippen molar-refractivity contribution in [2.45, 2.75) is 36.6 Å². The van der Waals surface area contributed by atoms with Crippen molar-refractivity contribution < 1.29 is 17.9 Å². The van der Waals surface area contributed by atoms with E-state index in [1.807, 2.05) is 60.8 Å². The lowest BCUT2D eigenvalue weighted by Gasteiger charge is -2.19. The summed E-state index contributed by atoms with van der Waals surface area (Å²) in [6.45, 7) is 0.553. The van der Waals surface area contributed by atoms with Crippen molar-refractivity contribution in [1.29, 1.82) is 0 Å². The highest BCUT2D eigenvalue weighted by Gasteiger charge is 2.27. The summed E-state index contributed by atoms with van der Waals surface area (Å²) in [7, 11) is -3.94. The summed E-state index contributed by atoms with van der Waals surface area (Å²) in [6, 6.07) is 22.3. The van der Waals surface area contributed by atoms with Gasteiger partial charge >= 0.3 is 0 Å². The molecule has 1 amide bonds. The Morgan fingerprint density at radius 1 is 0.972 bits per heavy atom. The zero-order valence-corrected chi connectivity index (χ0v) is 20.6. The normalized spacial score (nSPS) is 14.4. The molecule has 1 saturated carbocycles. The number of hydrogen-bond donors (Lipinski definition) is 3. The van der Waals surface area contributed by atoms with E-state index in [9.17, 15) is 13.2 Å². The lowest BCUT2D eigenvalue weighted by Crippen LogP contribution is -2.48. The molecule has 0 aliphatic heterocycles. The third-order valence-corrected chi connectivity index (χ3v) is 7.83. The molecular formula is C28H29N3O4S. The molecule has 7 nitrogen and oxygen atoms in total. The van der Waals surface area contributed by atoms with Gasteiger partial charge in [-0.25, -0.2) is 8.42 Å². The lowest BCUT2D eigenvalue weighted by atomic mass is 10.1. The first-order chi connectivity index (χ1) is 17.5. The minimum absolute atomic E-state index is 0.0692. The third kappa shape index (κ3) is 6.13. The summed E-state index contributed by atoms with van der Waals surface area (Å²) in [5.41, 5.74) is 1.89. The third-order valence-electron chi connectivity index (χ3n) is 6.34. The van der Waals surface area contributed by atoms with E-state index in [4.69, 9.17) is 4.74 Å². The lowest BCUT2D eigenvalue weighted by molar-refractivity contribution is -0.122. The number of nitrogens with one attached hydrogen (secondary N) is 3. The molecule has 1 aliphatic rings. The van der Waals surface area contributed by atoms with Crippen LogP contribution in [0.15, 0.2) is 90.0 Å². The molecule has 0 bridgehead atoms. The van der Waals surface area contributed by atoms with Gasteiger partial charge in [-0.2, -0.15) is 4.72 Å². The summed E-state index contributed by atoms with van der Waals surface area (Å²) >= 11 is 0. The number of carbonyl (C=O) groups excluding carboxylic acids is 1. The first kappa shape index (κ1) is 24.1. The smallest absolute Gasteiger partial charge is 0.241 e. The second kappa shape index (κ2) is 10.6. The topological polar surface area (TPSA) is 100 Å². The molecule has 3 aromatic carbocycles. The van der Waals surface area contributed by atoms with E-state index >= 15 is 0 Å². The van der Waals surface area contributed by atoms with E-state index in [0.29, 0.717) is 24.0 Å². The molecule has 1 fully saturated rings. The number of aromatic amines is 1. The van der Waals surface area contributed by atoms with Crippen molar-refractivity contribution in [1.82, 2.24) is 15.0 Å². The summed E-state index contributed by atoms with van der Waals surface area (Å²) in [5.74, 6) is 1.53. The average Bonchev–Trinajstić information content (AvgIpc) is 3.58. The van der Waals surface area contributed by atoms with Gasteiger partial charge in [0.05, 0.1) is 4.90 Å². The van der Waals surface area contributed by atoms with Crippen LogP contribution in [0.1, 0.15) is 24.8 Å². The number of carbonyl (C=O) groups is 1. The van der Waals surface area contributed by atoms with Crippen LogP contribution in [0.4, 0.5) is 0 Å². The maximum Gasteiger partial charge on any atom is 0.241 e. The summed E-state index contributed by atoms with van der Waals surface area (Å²) < 4.78 is 34.9. The maximum absolute atomic E-state index is 13.2. The fourth-order valence-electron chi connectivity index (χ4n) is 4.14. The van der Waals surface area contributed by atoms with Crippen LogP contribution in [-0.4, -0.2) is 31.9 Å². The van der Waals surface area contributed by atoms with Gasteiger partial charge in [-0.1, -0.05) is 43.2 Å². The van der Waals surface area contributed by atoms with Crippen LogP contribution in [0.2, 0.25) is 0 Å². The van der Waals surface area contributed by atoms with Gasteiger partial charge in [0.25, 0.3) is 0 Å². The van der Waals surface area contributed by atoms with Gasteiger partial charge < -0.3 is 15.0 Å². The Hall–Kier alpha value is -3.62. The van der Waals surface area contributed by atoms with E-state index in [1.165, 1.54) is 25.0 Å². The van der Waals surface area contributed by atoms with E-state index in [-0.39, 0.29) is 17.2 Å². The molecule has 1 aliphatic carbocycles. The van der Waals surface area contributed by atoms with Crippen molar-refractivity contribution in [2.75, 3.05) is 6.54 Å². The van der Waals surface area contributed by atoms with Gasteiger partial charge in [0, 0.05) is 23.6 Å². The monoisotopic (exact) mass is 503 g/mol. The maximum atomic E-state index is 13.2. The second-order valence-corrected chi connectivity index (χ2v) is 10.9. The van der Waals surface area contributed by atoms with E-state index in [0.717, 1.165) is 22.9 Å². The quantitative estimate of drug-likeness (QED) is 0.275. The Labute approximate surface area is 210 Å². The van der Waals surface area contributed by atoms with E-state index < -0.39 is 16.1 Å². The Kier molecular flexibility index (Phi) is 7.06. The highest BCUT2D eigenvalue weighted by molar-refractivity contribution is 7.89. The Bertz CT molecular complexity index is 1430. The van der Waals surface area contributed by atoms with Crippen LogP contribution in [0.3, 0.4) is 0 Å². The van der Waals surface area contributed by atoms with Crippen LogP contribution in [0.25, 0.3) is 10.9 Å². The predicted molar refractivity (Wildman–Crippen MR) is 139 cm³/mol. The fourth-order valence-corrected chi connectivity index (χ4v) is 5.34. The van der Waals surface area contributed by atoms with Crippen molar-refractivity contribution in [3.63, 3.8) is 0 Å². The highest BCUT2D eigenvalue weighted by Crippen LogP contribution is 2.31. The molecule has 8 heteroatoms. The molecule has 4 aromatic rings. The number of rotatable bonds is 11. The zero-order valence-electron chi connectivity index (χ0n) is 19.8. The number of benzene rings is 3.